The summed E-state index contributed by atoms with van der Waals surface area (Å²) in [6, 6.07) is 6.62. The van der Waals surface area contributed by atoms with Crippen molar-refractivity contribution in [2.75, 3.05) is 7.11 Å². The molecule has 0 atom stereocenters. The van der Waals surface area contributed by atoms with Crippen molar-refractivity contribution in [3.05, 3.63) is 36.3 Å². The molecule has 0 saturated heterocycles. The topological polar surface area (TPSA) is 37.9 Å². The Morgan fingerprint density at radius 3 is 2.57 bits per heavy atom. The molecule has 1 aromatic heterocycles. The van der Waals surface area contributed by atoms with Gasteiger partial charge in [-0.05, 0) is 29.8 Å². The highest BCUT2D eigenvalue weighted by Gasteiger charge is 2.02. The monoisotopic (exact) mass is 192 g/mol. The average Bonchev–Trinajstić information content (AvgIpc) is 2.67. The van der Waals surface area contributed by atoms with E-state index >= 15 is 0 Å². The lowest BCUT2D eigenvalue weighted by atomic mass is 10.2. The number of methoxy groups -OCH3 is 1. The van der Waals surface area contributed by atoms with Gasteiger partial charge < -0.3 is 9.72 Å². The van der Waals surface area contributed by atoms with Crippen LogP contribution in [0.2, 0.25) is 0 Å². The number of imidazole rings is 1. The van der Waals surface area contributed by atoms with Crippen LogP contribution in [0.15, 0.2) is 30.5 Å². The minimum atomic E-state index is -0.250. The molecule has 0 bridgehead atoms. The first-order valence-corrected chi connectivity index (χ1v) is 4.14. The predicted octanol–water partition coefficient (Wildman–Crippen LogP) is 2.22. The van der Waals surface area contributed by atoms with Gasteiger partial charge in [-0.2, -0.15) is 0 Å². The van der Waals surface area contributed by atoms with E-state index in [1.54, 1.807) is 18.3 Å². The molecule has 4 heteroatoms. The third-order valence-electron chi connectivity index (χ3n) is 1.90. The average molecular weight is 192 g/mol. The summed E-state index contributed by atoms with van der Waals surface area (Å²) in [6.07, 6.45) is 1.64. The lowest BCUT2D eigenvalue weighted by molar-refractivity contribution is 0.384. The zero-order chi connectivity index (χ0) is 9.97. The van der Waals surface area contributed by atoms with Gasteiger partial charge in [-0.15, -0.1) is 0 Å². The molecule has 1 N–H and O–H groups in total. The number of nitrogens with one attached hydrogen (secondary N) is 1. The van der Waals surface area contributed by atoms with E-state index in [-0.39, 0.29) is 5.82 Å². The van der Waals surface area contributed by atoms with E-state index < -0.39 is 0 Å². The molecule has 0 saturated carbocycles. The molecule has 0 spiro atoms. The molecule has 0 aliphatic heterocycles. The van der Waals surface area contributed by atoms with E-state index in [2.05, 4.69) is 9.97 Å². The Labute approximate surface area is 80.6 Å². The van der Waals surface area contributed by atoms with E-state index in [0.717, 1.165) is 11.3 Å². The highest BCUT2D eigenvalue weighted by atomic mass is 19.1. The van der Waals surface area contributed by atoms with E-state index in [4.69, 9.17) is 4.74 Å². The highest BCUT2D eigenvalue weighted by molar-refractivity contribution is 5.58. The summed E-state index contributed by atoms with van der Waals surface area (Å²) in [6.45, 7) is 0. The molecule has 1 aromatic carbocycles. The summed E-state index contributed by atoms with van der Waals surface area (Å²) in [4.78, 5) is 6.90. The Morgan fingerprint density at radius 2 is 2.00 bits per heavy atom. The first kappa shape index (κ1) is 8.74. The number of halogens is 1. The lowest BCUT2D eigenvalue weighted by Crippen LogP contribution is -1.83. The van der Waals surface area contributed by atoms with Gasteiger partial charge in [-0.3, -0.25) is 0 Å². The molecule has 0 radical (unpaired) electrons. The van der Waals surface area contributed by atoms with E-state index in [0.29, 0.717) is 6.01 Å². The lowest BCUT2D eigenvalue weighted by Gasteiger charge is -1.96. The molecule has 2 aromatic rings. The second-order valence-electron chi connectivity index (χ2n) is 2.81. The van der Waals surface area contributed by atoms with Gasteiger partial charge in [0.05, 0.1) is 19.0 Å². The number of ether oxygens (including phenoxy) is 1. The Bertz CT molecular complexity index is 422. The van der Waals surface area contributed by atoms with Gasteiger partial charge in [0.25, 0.3) is 6.01 Å². The first-order chi connectivity index (χ1) is 6.79. The molecule has 0 amide bonds. The van der Waals surface area contributed by atoms with Crippen LogP contribution in [0, 0.1) is 5.82 Å². The van der Waals surface area contributed by atoms with Crippen molar-refractivity contribution < 1.29 is 9.13 Å². The van der Waals surface area contributed by atoms with Crippen LogP contribution in [0.3, 0.4) is 0 Å². The Hall–Kier alpha value is -1.84. The van der Waals surface area contributed by atoms with Crippen molar-refractivity contribution >= 4 is 0 Å². The standard InChI is InChI=1S/C10H9FN2O/c1-14-10-12-6-9(13-10)7-2-4-8(11)5-3-7/h2-6H,1H3,(H,12,13). The van der Waals surface area contributed by atoms with Gasteiger partial charge in [-0.25, -0.2) is 9.37 Å². The molecule has 1 heterocycles. The third kappa shape index (κ3) is 1.59. The smallest absolute Gasteiger partial charge is 0.293 e. The fraction of sp³-hybridized carbons (Fsp3) is 0.100. The van der Waals surface area contributed by atoms with Crippen LogP contribution in [0.1, 0.15) is 0 Å². The van der Waals surface area contributed by atoms with Crippen LogP contribution < -0.4 is 4.74 Å². The summed E-state index contributed by atoms with van der Waals surface area (Å²) in [5, 5.41) is 0. The molecule has 0 fully saturated rings. The maximum absolute atomic E-state index is 12.6. The molecular weight excluding hydrogens is 183 g/mol. The molecule has 3 nitrogen and oxygen atoms in total. The molecule has 14 heavy (non-hydrogen) atoms. The molecule has 72 valence electrons. The molecule has 0 unspecified atom stereocenters. The predicted molar refractivity (Wildman–Crippen MR) is 50.5 cm³/mol. The number of aromatic nitrogens is 2. The Morgan fingerprint density at radius 1 is 1.29 bits per heavy atom. The number of nitrogens with zero attached hydrogens (tertiary/aromatic N) is 1. The van der Waals surface area contributed by atoms with Crippen molar-refractivity contribution in [2.24, 2.45) is 0 Å². The van der Waals surface area contributed by atoms with Gasteiger partial charge in [0.2, 0.25) is 0 Å². The van der Waals surface area contributed by atoms with Crippen molar-refractivity contribution in [1.82, 2.24) is 9.97 Å². The van der Waals surface area contributed by atoms with Gasteiger partial charge >= 0.3 is 0 Å². The second-order valence-corrected chi connectivity index (χ2v) is 2.81. The summed E-state index contributed by atoms with van der Waals surface area (Å²) in [5.41, 5.74) is 1.68. The maximum atomic E-state index is 12.6. The van der Waals surface area contributed by atoms with Gasteiger partial charge in [0.1, 0.15) is 5.82 Å². The molecule has 0 aliphatic rings. The number of benzene rings is 1. The van der Waals surface area contributed by atoms with E-state index in [1.165, 1.54) is 19.2 Å². The molecule has 0 aliphatic carbocycles. The van der Waals surface area contributed by atoms with Crippen LogP contribution >= 0.6 is 0 Å². The van der Waals surface area contributed by atoms with Crippen molar-refractivity contribution in [3.63, 3.8) is 0 Å². The minimum Gasteiger partial charge on any atom is -0.468 e. The quantitative estimate of drug-likeness (QED) is 0.792. The highest BCUT2D eigenvalue weighted by Crippen LogP contribution is 2.19. The van der Waals surface area contributed by atoms with Gasteiger partial charge in [0.15, 0.2) is 0 Å². The van der Waals surface area contributed by atoms with Crippen molar-refractivity contribution in [2.45, 2.75) is 0 Å². The van der Waals surface area contributed by atoms with Crippen LogP contribution in [-0.4, -0.2) is 17.1 Å². The SMILES string of the molecule is COc1ncc(-c2ccc(F)cc2)[nH]1. The Kier molecular flexibility index (Phi) is 2.18. The van der Waals surface area contributed by atoms with Gasteiger partial charge in [-0.1, -0.05) is 0 Å². The second kappa shape index (κ2) is 3.49. The largest absolute Gasteiger partial charge is 0.468 e. The zero-order valence-corrected chi connectivity index (χ0v) is 7.62. The van der Waals surface area contributed by atoms with Crippen molar-refractivity contribution in [1.29, 1.82) is 0 Å². The van der Waals surface area contributed by atoms with Crippen molar-refractivity contribution in [3.8, 4) is 17.3 Å². The molecule has 2 rings (SSSR count). The first-order valence-electron chi connectivity index (χ1n) is 4.14. The van der Waals surface area contributed by atoms with Gasteiger partial charge in [0, 0.05) is 0 Å². The summed E-state index contributed by atoms with van der Waals surface area (Å²) in [5.74, 6) is -0.250. The number of aromatic amines is 1. The number of rotatable bonds is 2. The summed E-state index contributed by atoms with van der Waals surface area (Å²) in [7, 11) is 1.53. The summed E-state index contributed by atoms with van der Waals surface area (Å²) >= 11 is 0. The number of hydrogen-bond acceptors (Lipinski definition) is 2. The number of hydrogen-bond donors (Lipinski definition) is 1. The fourth-order valence-corrected chi connectivity index (χ4v) is 1.18. The maximum Gasteiger partial charge on any atom is 0.293 e. The zero-order valence-electron chi connectivity index (χ0n) is 7.62. The van der Waals surface area contributed by atoms with Crippen LogP contribution in [0.4, 0.5) is 4.39 Å². The van der Waals surface area contributed by atoms with Crippen LogP contribution in [-0.2, 0) is 0 Å². The van der Waals surface area contributed by atoms with E-state index in [9.17, 15) is 4.39 Å². The minimum absolute atomic E-state index is 0.250. The normalized spacial score (nSPS) is 10.1. The van der Waals surface area contributed by atoms with Crippen LogP contribution in [0.25, 0.3) is 11.3 Å². The number of H-pyrrole nitrogens is 1. The van der Waals surface area contributed by atoms with E-state index in [1.807, 2.05) is 0 Å². The molecular formula is C10H9FN2O. The Balaban J connectivity index is 2.34. The van der Waals surface area contributed by atoms with Crippen LogP contribution in [0.5, 0.6) is 6.01 Å². The fourth-order valence-electron chi connectivity index (χ4n) is 1.18. The third-order valence-corrected chi connectivity index (χ3v) is 1.90. The summed E-state index contributed by atoms with van der Waals surface area (Å²) < 4.78 is 17.5.